The lowest BCUT2D eigenvalue weighted by Gasteiger charge is -2.25. The number of aromatic nitrogens is 2. The van der Waals surface area contributed by atoms with Crippen molar-refractivity contribution in [2.45, 2.75) is 19.3 Å². The molecule has 0 spiro atoms. The number of fused-ring (bicyclic) bond motifs is 6. The lowest BCUT2D eigenvalue weighted by Crippen LogP contribution is -2.16. The van der Waals surface area contributed by atoms with Gasteiger partial charge in [-0.25, -0.2) is 9.97 Å². The second kappa shape index (κ2) is 13.9. The number of nitrogens with zero attached hydrogens (tertiary/aromatic N) is 2. The fraction of sp³-hybridized carbons (Fsp3) is 0.0526. The first-order chi connectivity index (χ1) is 29.0. The van der Waals surface area contributed by atoms with E-state index in [9.17, 15) is 0 Å². The Morgan fingerprint density at radius 2 is 0.915 bits per heavy atom. The Morgan fingerprint density at radius 1 is 0.339 bits per heavy atom. The monoisotopic (exact) mass is 752 g/mol. The fourth-order valence-electron chi connectivity index (χ4n) is 9.50. The molecule has 10 aromatic rings. The van der Waals surface area contributed by atoms with Crippen LogP contribution in [0.15, 0.2) is 206 Å². The van der Waals surface area contributed by atoms with Crippen LogP contribution < -0.4 is 0 Å². The molecule has 2 nitrogen and oxygen atoms in total. The lowest BCUT2D eigenvalue weighted by molar-refractivity contribution is 0.662. The standard InChI is InChI=1S/C57H40N2/c1-57(2)51-34-30-39-21-12-13-24-43(39)54(51)49-28-16-27-47(55(49)57)46-32-33-48(45-26-15-14-25-44(45)46)56-58-52(40-22-10-5-11-23-40)36-53(59-56)50-35-41(37-17-6-3-7-18-37)29-31-42(50)38-19-8-4-9-20-38/h3-36H,1-2H3. The molecule has 0 radical (unpaired) electrons. The molecular formula is C57H40N2. The molecule has 0 aliphatic heterocycles. The predicted octanol–water partition coefficient (Wildman–Crippen LogP) is 15.1. The Morgan fingerprint density at radius 3 is 1.66 bits per heavy atom. The smallest absolute Gasteiger partial charge is 0.161 e. The average Bonchev–Trinajstić information content (AvgIpc) is 3.55. The summed E-state index contributed by atoms with van der Waals surface area (Å²) in [6.07, 6.45) is 0. The van der Waals surface area contributed by atoms with Gasteiger partial charge in [-0.15, -0.1) is 0 Å². The molecule has 0 bridgehead atoms. The Balaban J connectivity index is 1.13. The third-order valence-corrected chi connectivity index (χ3v) is 12.3. The quantitative estimate of drug-likeness (QED) is 0.169. The van der Waals surface area contributed by atoms with Crippen LogP contribution in [0.3, 0.4) is 0 Å². The predicted molar refractivity (Wildman–Crippen MR) is 247 cm³/mol. The van der Waals surface area contributed by atoms with Crippen LogP contribution in [-0.4, -0.2) is 9.97 Å². The van der Waals surface area contributed by atoms with E-state index in [1.54, 1.807) is 0 Å². The Bertz CT molecular complexity index is 3220. The summed E-state index contributed by atoms with van der Waals surface area (Å²) >= 11 is 0. The van der Waals surface area contributed by atoms with Crippen LogP contribution in [0.25, 0.3) is 100.0 Å². The summed E-state index contributed by atoms with van der Waals surface area (Å²) in [6, 6.07) is 74.2. The van der Waals surface area contributed by atoms with E-state index in [-0.39, 0.29) is 5.41 Å². The number of benzene rings is 9. The van der Waals surface area contributed by atoms with Crippen molar-refractivity contribution < 1.29 is 0 Å². The van der Waals surface area contributed by atoms with Gasteiger partial charge in [0.05, 0.1) is 11.4 Å². The van der Waals surface area contributed by atoms with Crippen LogP contribution in [0.1, 0.15) is 25.0 Å². The molecule has 2 heteroatoms. The highest BCUT2D eigenvalue weighted by Gasteiger charge is 2.38. The average molecular weight is 753 g/mol. The molecule has 0 N–H and O–H groups in total. The molecule has 0 unspecified atom stereocenters. The second-order valence-electron chi connectivity index (χ2n) is 16.1. The van der Waals surface area contributed by atoms with Gasteiger partial charge in [0.25, 0.3) is 0 Å². The van der Waals surface area contributed by atoms with Crippen LogP contribution in [-0.2, 0) is 5.41 Å². The van der Waals surface area contributed by atoms with E-state index in [1.807, 2.05) is 0 Å². The first-order valence-electron chi connectivity index (χ1n) is 20.4. The molecule has 59 heavy (non-hydrogen) atoms. The van der Waals surface area contributed by atoms with Crippen molar-refractivity contribution in [3.63, 3.8) is 0 Å². The highest BCUT2D eigenvalue weighted by molar-refractivity contribution is 6.08. The van der Waals surface area contributed by atoms with E-state index in [1.165, 1.54) is 55.1 Å². The van der Waals surface area contributed by atoms with Gasteiger partial charge < -0.3 is 0 Å². The summed E-state index contributed by atoms with van der Waals surface area (Å²) < 4.78 is 0. The van der Waals surface area contributed by atoms with E-state index in [2.05, 4.69) is 220 Å². The Kier molecular flexibility index (Phi) is 8.20. The zero-order valence-electron chi connectivity index (χ0n) is 33.0. The van der Waals surface area contributed by atoms with Gasteiger partial charge in [-0.2, -0.15) is 0 Å². The maximum Gasteiger partial charge on any atom is 0.161 e. The SMILES string of the molecule is CC1(C)c2ccc3ccccc3c2-c2cccc(-c3ccc(-c4nc(-c5ccccc5)cc(-c5cc(-c6ccccc6)ccc5-c5ccccc5)n4)c4ccccc34)c21. The first-order valence-corrected chi connectivity index (χ1v) is 20.4. The maximum atomic E-state index is 5.50. The summed E-state index contributed by atoms with van der Waals surface area (Å²) in [5, 5.41) is 4.89. The molecule has 1 aliphatic rings. The van der Waals surface area contributed by atoms with Crippen molar-refractivity contribution in [2.75, 3.05) is 0 Å². The van der Waals surface area contributed by atoms with Crippen molar-refractivity contribution in [3.8, 4) is 78.4 Å². The Hall–Kier alpha value is -7.42. The molecular weight excluding hydrogens is 713 g/mol. The van der Waals surface area contributed by atoms with Gasteiger partial charge >= 0.3 is 0 Å². The minimum Gasteiger partial charge on any atom is -0.228 e. The molecule has 1 heterocycles. The number of hydrogen-bond acceptors (Lipinski definition) is 2. The molecule has 0 amide bonds. The summed E-state index contributed by atoms with van der Waals surface area (Å²) in [5.74, 6) is 0.700. The zero-order valence-corrected chi connectivity index (χ0v) is 33.0. The molecule has 1 aliphatic carbocycles. The number of rotatable bonds is 6. The van der Waals surface area contributed by atoms with E-state index in [0.717, 1.165) is 50.2 Å². The van der Waals surface area contributed by atoms with E-state index in [0.29, 0.717) is 5.82 Å². The number of hydrogen-bond donors (Lipinski definition) is 0. The van der Waals surface area contributed by atoms with Crippen LogP contribution in [0.4, 0.5) is 0 Å². The van der Waals surface area contributed by atoms with Gasteiger partial charge in [0.1, 0.15) is 0 Å². The third kappa shape index (κ3) is 5.79. The summed E-state index contributed by atoms with van der Waals surface area (Å²) in [4.78, 5) is 10.9. The van der Waals surface area contributed by atoms with E-state index in [4.69, 9.17) is 9.97 Å². The third-order valence-electron chi connectivity index (χ3n) is 12.3. The van der Waals surface area contributed by atoms with Gasteiger partial charge in [0.15, 0.2) is 5.82 Å². The second-order valence-corrected chi connectivity index (χ2v) is 16.1. The van der Waals surface area contributed by atoms with Crippen molar-refractivity contribution in [1.29, 1.82) is 0 Å². The van der Waals surface area contributed by atoms with Crippen LogP contribution in [0.5, 0.6) is 0 Å². The summed E-state index contributed by atoms with van der Waals surface area (Å²) in [5.41, 5.74) is 17.2. The zero-order chi connectivity index (χ0) is 39.5. The Labute approximate surface area is 345 Å². The molecule has 0 atom stereocenters. The van der Waals surface area contributed by atoms with Crippen molar-refractivity contribution in [1.82, 2.24) is 9.97 Å². The minimum absolute atomic E-state index is 0.183. The summed E-state index contributed by atoms with van der Waals surface area (Å²) in [7, 11) is 0. The van der Waals surface area contributed by atoms with Gasteiger partial charge in [-0.3, -0.25) is 0 Å². The molecule has 0 saturated heterocycles. The van der Waals surface area contributed by atoms with E-state index < -0.39 is 0 Å². The largest absolute Gasteiger partial charge is 0.228 e. The first kappa shape index (κ1) is 34.8. The highest BCUT2D eigenvalue weighted by Crippen LogP contribution is 2.55. The van der Waals surface area contributed by atoms with Crippen molar-refractivity contribution in [2.24, 2.45) is 0 Å². The van der Waals surface area contributed by atoms with Gasteiger partial charge in [0, 0.05) is 22.1 Å². The highest BCUT2D eigenvalue weighted by atomic mass is 14.9. The van der Waals surface area contributed by atoms with Gasteiger partial charge in [-0.1, -0.05) is 202 Å². The fourth-order valence-corrected chi connectivity index (χ4v) is 9.50. The van der Waals surface area contributed by atoms with Crippen molar-refractivity contribution in [3.05, 3.63) is 217 Å². The molecule has 11 rings (SSSR count). The minimum atomic E-state index is -0.183. The van der Waals surface area contributed by atoms with Crippen molar-refractivity contribution >= 4 is 21.5 Å². The van der Waals surface area contributed by atoms with Crippen LogP contribution in [0, 0.1) is 0 Å². The van der Waals surface area contributed by atoms with E-state index >= 15 is 0 Å². The van der Waals surface area contributed by atoms with Gasteiger partial charge in [0.2, 0.25) is 0 Å². The molecule has 9 aromatic carbocycles. The van der Waals surface area contributed by atoms with Crippen LogP contribution in [0.2, 0.25) is 0 Å². The lowest BCUT2D eigenvalue weighted by atomic mass is 9.78. The van der Waals surface area contributed by atoms with Gasteiger partial charge in [-0.05, 0) is 95.4 Å². The molecule has 1 aromatic heterocycles. The normalized spacial score (nSPS) is 12.7. The molecule has 0 saturated carbocycles. The van der Waals surface area contributed by atoms with Crippen LogP contribution >= 0.6 is 0 Å². The topological polar surface area (TPSA) is 25.8 Å². The molecule has 0 fully saturated rings. The summed E-state index contributed by atoms with van der Waals surface area (Å²) in [6.45, 7) is 4.76. The molecule has 278 valence electrons. The maximum absolute atomic E-state index is 5.50.